The Kier molecular flexibility index (Phi) is 4.11. The Morgan fingerprint density at radius 3 is 1.62 bits per heavy atom. The van der Waals surface area contributed by atoms with E-state index in [9.17, 15) is 39.2 Å². The molecule has 0 bridgehead atoms. The van der Waals surface area contributed by atoms with Crippen LogP contribution in [0, 0.1) is 0 Å². The summed E-state index contributed by atoms with van der Waals surface area (Å²) in [4.78, 5) is 0. The van der Waals surface area contributed by atoms with Crippen molar-refractivity contribution >= 4 is 21.7 Å². The highest BCUT2D eigenvalue weighted by Crippen LogP contribution is 2.38. The van der Waals surface area contributed by atoms with E-state index in [1.165, 1.54) is 0 Å². The summed E-state index contributed by atoms with van der Waals surface area (Å²) in [6, 6.07) is 0. The fourth-order valence-corrected chi connectivity index (χ4v) is 0.792. The van der Waals surface area contributed by atoms with Crippen molar-refractivity contribution in [1.29, 1.82) is 0 Å². The number of rotatable bonds is 4. The predicted octanol–water partition coefficient (Wildman–Crippen LogP) is 2.32. The van der Waals surface area contributed by atoms with Gasteiger partial charge in [0.05, 0.1) is 0 Å². The van der Waals surface area contributed by atoms with Gasteiger partial charge in [0.2, 0.25) is 0 Å². The second-order valence-corrected chi connectivity index (χ2v) is 4.45. The standard InChI is InChI=1S/C4H2ClF7O3S/c5-3(8,9)2(6,7)1-15-16(13,14)4(10,11)12/h1H2. The Bertz CT molecular complexity index is 342. The van der Waals surface area contributed by atoms with Crippen molar-refractivity contribution in [3.05, 3.63) is 0 Å². The van der Waals surface area contributed by atoms with Gasteiger partial charge in [0.1, 0.15) is 6.61 Å². The molecule has 0 unspecified atom stereocenters. The minimum Gasteiger partial charge on any atom is -0.256 e. The first-order valence-electron chi connectivity index (χ1n) is 3.11. The largest absolute Gasteiger partial charge is 0.523 e. The van der Waals surface area contributed by atoms with Crippen molar-refractivity contribution in [1.82, 2.24) is 0 Å². The molecule has 0 amide bonds. The molecular weight excluding hydrogens is 297 g/mol. The lowest BCUT2D eigenvalue weighted by Crippen LogP contribution is -2.42. The van der Waals surface area contributed by atoms with E-state index in [0.717, 1.165) is 0 Å². The van der Waals surface area contributed by atoms with Crippen LogP contribution in [0.3, 0.4) is 0 Å². The molecule has 0 rings (SSSR count). The van der Waals surface area contributed by atoms with Gasteiger partial charge in [0.15, 0.2) is 0 Å². The van der Waals surface area contributed by atoms with E-state index in [4.69, 9.17) is 0 Å². The molecule has 3 nitrogen and oxygen atoms in total. The summed E-state index contributed by atoms with van der Waals surface area (Å²) in [6.45, 7) is -2.72. The Morgan fingerprint density at radius 1 is 1.00 bits per heavy atom. The van der Waals surface area contributed by atoms with Gasteiger partial charge in [-0.25, -0.2) is 0 Å². The van der Waals surface area contributed by atoms with E-state index < -0.39 is 33.5 Å². The molecule has 0 aliphatic rings. The van der Waals surface area contributed by atoms with Gasteiger partial charge in [-0.05, 0) is 11.6 Å². The van der Waals surface area contributed by atoms with Crippen molar-refractivity contribution < 1.29 is 43.3 Å². The molecule has 0 atom stereocenters. The molecule has 0 aliphatic carbocycles. The molecule has 0 heterocycles. The quantitative estimate of drug-likeness (QED) is 0.346. The van der Waals surface area contributed by atoms with E-state index in [1.54, 1.807) is 0 Å². The topological polar surface area (TPSA) is 43.4 Å². The van der Waals surface area contributed by atoms with E-state index in [0.29, 0.717) is 0 Å². The van der Waals surface area contributed by atoms with Gasteiger partial charge in [0.25, 0.3) is 0 Å². The first-order chi connectivity index (χ1) is 6.71. The molecule has 0 saturated heterocycles. The van der Waals surface area contributed by atoms with Crippen molar-refractivity contribution in [2.24, 2.45) is 0 Å². The Morgan fingerprint density at radius 2 is 1.38 bits per heavy atom. The molecule has 0 radical (unpaired) electrons. The summed E-state index contributed by atoms with van der Waals surface area (Å²) in [5, 5.41) is -5.23. The Hall–Kier alpha value is -0.290. The van der Waals surface area contributed by atoms with E-state index in [2.05, 4.69) is 15.8 Å². The highest BCUT2D eigenvalue weighted by molar-refractivity contribution is 7.87. The number of hydrogen-bond donors (Lipinski definition) is 0. The van der Waals surface area contributed by atoms with Crippen molar-refractivity contribution in [3.63, 3.8) is 0 Å². The molecule has 0 aromatic carbocycles. The maximum absolute atomic E-state index is 12.2. The third-order valence-corrected chi connectivity index (χ3v) is 2.37. The maximum atomic E-state index is 12.2. The van der Waals surface area contributed by atoms with Gasteiger partial charge in [-0.2, -0.15) is 39.2 Å². The number of hydrogen-bond acceptors (Lipinski definition) is 3. The lowest BCUT2D eigenvalue weighted by Gasteiger charge is -2.20. The first kappa shape index (κ1) is 15.7. The molecule has 0 aromatic heterocycles. The summed E-state index contributed by atoms with van der Waals surface area (Å²) >= 11 is 3.83. The van der Waals surface area contributed by atoms with Crippen LogP contribution in [0.15, 0.2) is 0 Å². The van der Waals surface area contributed by atoms with Gasteiger partial charge < -0.3 is 0 Å². The summed E-state index contributed by atoms with van der Waals surface area (Å²) in [6.07, 6.45) is 0. The van der Waals surface area contributed by atoms with Gasteiger partial charge >= 0.3 is 26.9 Å². The molecule has 0 saturated carbocycles. The SMILES string of the molecule is O=S(=O)(OCC(F)(F)C(F)(F)Cl)C(F)(F)F. The average Bonchev–Trinajstić information content (AvgIpc) is 1.97. The van der Waals surface area contributed by atoms with Gasteiger partial charge in [0, 0.05) is 0 Å². The van der Waals surface area contributed by atoms with Crippen LogP contribution in [-0.4, -0.2) is 31.8 Å². The van der Waals surface area contributed by atoms with Gasteiger partial charge in [-0.1, -0.05) is 0 Å². The molecule has 0 spiro atoms. The van der Waals surface area contributed by atoms with Crippen LogP contribution < -0.4 is 0 Å². The molecule has 0 aliphatic heterocycles. The zero-order valence-corrected chi connectivity index (χ0v) is 8.44. The third-order valence-electron chi connectivity index (χ3n) is 1.09. The van der Waals surface area contributed by atoms with E-state index >= 15 is 0 Å². The van der Waals surface area contributed by atoms with Crippen LogP contribution in [0.1, 0.15) is 0 Å². The summed E-state index contributed by atoms with van der Waals surface area (Å²) in [5.41, 5.74) is -5.98. The van der Waals surface area contributed by atoms with Crippen LogP contribution in [-0.2, 0) is 14.3 Å². The Balaban J connectivity index is 4.73. The predicted molar refractivity (Wildman–Crippen MR) is 36.7 cm³/mol. The zero-order valence-electron chi connectivity index (χ0n) is 6.86. The number of halogens is 8. The van der Waals surface area contributed by atoms with Gasteiger partial charge in [-0.15, -0.1) is 0 Å². The smallest absolute Gasteiger partial charge is 0.256 e. The fourth-order valence-electron chi connectivity index (χ4n) is 0.300. The van der Waals surface area contributed by atoms with Crippen LogP contribution in [0.25, 0.3) is 0 Å². The van der Waals surface area contributed by atoms with Crippen molar-refractivity contribution in [3.8, 4) is 0 Å². The Labute approximate surface area is 89.2 Å². The third kappa shape index (κ3) is 3.63. The van der Waals surface area contributed by atoms with Crippen molar-refractivity contribution in [2.45, 2.75) is 16.8 Å². The van der Waals surface area contributed by atoms with Crippen molar-refractivity contribution in [2.75, 3.05) is 6.61 Å². The highest BCUT2D eigenvalue weighted by Gasteiger charge is 2.58. The normalized spacial score (nSPS) is 15.2. The lowest BCUT2D eigenvalue weighted by atomic mass is 10.4. The molecule has 12 heteroatoms. The summed E-state index contributed by atoms with van der Waals surface area (Å²) in [5.74, 6) is -5.26. The average molecular weight is 299 g/mol. The van der Waals surface area contributed by atoms with E-state index in [-0.39, 0.29) is 0 Å². The van der Waals surface area contributed by atoms with E-state index in [1.807, 2.05) is 0 Å². The monoisotopic (exact) mass is 298 g/mol. The molecule has 0 N–H and O–H groups in total. The van der Waals surface area contributed by atoms with Gasteiger partial charge in [-0.3, -0.25) is 4.18 Å². The zero-order chi connectivity index (χ0) is 13.4. The summed E-state index contributed by atoms with van der Waals surface area (Å²) < 4.78 is 105. The summed E-state index contributed by atoms with van der Waals surface area (Å²) in [7, 11) is -6.36. The minimum atomic E-state index is -6.36. The molecule has 16 heavy (non-hydrogen) atoms. The maximum Gasteiger partial charge on any atom is 0.523 e. The lowest BCUT2D eigenvalue weighted by molar-refractivity contribution is -0.175. The van der Waals surface area contributed by atoms with Crippen LogP contribution in [0.5, 0.6) is 0 Å². The second-order valence-electron chi connectivity index (χ2n) is 2.36. The van der Waals surface area contributed by atoms with Crippen LogP contribution in [0.4, 0.5) is 30.7 Å². The second kappa shape index (κ2) is 4.18. The molecule has 98 valence electrons. The highest BCUT2D eigenvalue weighted by atomic mass is 35.5. The molecule has 0 fully saturated rings. The van der Waals surface area contributed by atoms with Crippen LogP contribution >= 0.6 is 11.6 Å². The minimum absolute atomic E-state index is 2.72. The van der Waals surface area contributed by atoms with Crippen LogP contribution in [0.2, 0.25) is 0 Å². The number of alkyl halides is 8. The molecule has 0 aromatic rings. The molecular formula is C4H2ClF7O3S. The first-order valence-corrected chi connectivity index (χ1v) is 4.89. The fraction of sp³-hybridized carbons (Fsp3) is 1.00.